The Hall–Kier alpha value is -2.65. The number of nitrogens with one attached hydrogen (secondary N) is 1. The second-order valence-corrected chi connectivity index (χ2v) is 6.94. The van der Waals surface area contributed by atoms with E-state index in [4.69, 9.17) is 16.7 Å². The molecule has 140 valence electrons. The van der Waals surface area contributed by atoms with Crippen LogP contribution in [0.15, 0.2) is 47.2 Å². The molecule has 0 aliphatic heterocycles. The molecule has 3 rings (SSSR count). The van der Waals surface area contributed by atoms with Gasteiger partial charge in [-0.25, -0.2) is 0 Å². The lowest BCUT2D eigenvalue weighted by Crippen LogP contribution is -2.15. The van der Waals surface area contributed by atoms with E-state index in [-0.39, 0.29) is 18.7 Å². The summed E-state index contributed by atoms with van der Waals surface area (Å²) < 4.78 is 3.69. The van der Waals surface area contributed by atoms with Gasteiger partial charge in [0.2, 0.25) is 0 Å². The van der Waals surface area contributed by atoms with Gasteiger partial charge in [-0.1, -0.05) is 29.8 Å². The van der Waals surface area contributed by atoms with Crippen molar-refractivity contribution in [1.29, 1.82) is 0 Å². The van der Waals surface area contributed by atoms with E-state index in [1.807, 2.05) is 18.2 Å². The Kier molecular flexibility index (Phi) is 5.92. The number of halogens is 2. The summed E-state index contributed by atoms with van der Waals surface area (Å²) in [6, 6.07) is 8.97. The highest BCUT2D eigenvalue weighted by Gasteiger charge is 2.15. The maximum absolute atomic E-state index is 12.3. The normalized spacial score (nSPS) is 10.7. The molecular formula is C17H15BrClN5O3. The molecule has 0 saturated heterocycles. The van der Waals surface area contributed by atoms with E-state index < -0.39 is 11.9 Å². The number of hydrogen-bond acceptors (Lipinski definition) is 4. The average Bonchev–Trinajstić information content (AvgIpc) is 3.22. The van der Waals surface area contributed by atoms with Gasteiger partial charge >= 0.3 is 5.97 Å². The molecule has 1 aromatic carbocycles. The minimum atomic E-state index is -0.926. The van der Waals surface area contributed by atoms with Crippen LogP contribution in [0.2, 0.25) is 5.02 Å². The fraction of sp³-hybridized carbons (Fsp3) is 0.176. The summed E-state index contributed by atoms with van der Waals surface area (Å²) in [6.45, 7) is 0.650. The van der Waals surface area contributed by atoms with Crippen molar-refractivity contribution in [2.75, 3.05) is 5.32 Å². The van der Waals surface area contributed by atoms with Crippen LogP contribution in [0.5, 0.6) is 0 Å². The zero-order valence-electron chi connectivity index (χ0n) is 14.0. The number of carbonyl (C=O) groups excluding carboxylic acids is 1. The first-order valence-electron chi connectivity index (χ1n) is 7.95. The SMILES string of the molecule is O=C(O)CCn1ccc(C(=O)Nc2nn(Cc3ccccc3Cl)cc2Br)n1. The predicted octanol–water partition coefficient (Wildman–Crippen LogP) is 3.27. The number of carboxylic acids is 1. The number of rotatable bonds is 7. The summed E-state index contributed by atoms with van der Waals surface area (Å²) in [7, 11) is 0. The minimum absolute atomic E-state index is 0.0687. The number of carbonyl (C=O) groups is 2. The van der Waals surface area contributed by atoms with E-state index in [1.54, 1.807) is 23.1 Å². The summed E-state index contributed by atoms with van der Waals surface area (Å²) in [5.41, 5.74) is 1.08. The van der Waals surface area contributed by atoms with Gasteiger partial charge in [-0.05, 0) is 33.6 Å². The van der Waals surface area contributed by atoms with E-state index >= 15 is 0 Å². The van der Waals surface area contributed by atoms with Crippen molar-refractivity contribution in [1.82, 2.24) is 19.6 Å². The van der Waals surface area contributed by atoms with Crippen molar-refractivity contribution in [3.63, 3.8) is 0 Å². The maximum atomic E-state index is 12.3. The lowest BCUT2D eigenvalue weighted by Gasteiger charge is -2.04. The first-order valence-corrected chi connectivity index (χ1v) is 9.12. The molecule has 27 heavy (non-hydrogen) atoms. The molecule has 0 unspecified atom stereocenters. The van der Waals surface area contributed by atoms with Crippen LogP contribution in [0, 0.1) is 0 Å². The van der Waals surface area contributed by atoms with E-state index in [0.717, 1.165) is 5.56 Å². The molecule has 2 N–H and O–H groups in total. The van der Waals surface area contributed by atoms with Gasteiger partial charge in [0, 0.05) is 17.4 Å². The Labute approximate surface area is 167 Å². The van der Waals surface area contributed by atoms with Crippen LogP contribution < -0.4 is 5.32 Å². The summed E-state index contributed by atoms with van der Waals surface area (Å²) in [4.78, 5) is 22.9. The monoisotopic (exact) mass is 451 g/mol. The number of aliphatic carboxylic acids is 1. The number of anilines is 1. The van der Waals surface area contributed by atoms with Crippen LogP contribution in [0.1, 0.15) is 22.5 Å². The fourth-order valence-electron chi connectivity index (χ4n) is 2.35. The zero-order valence-corrected chi connectivity index (χ0v) is 16.3. The first-order chi connectivity index (χ1) is 12.9. The first kappa shape index (κ1) is 19.1. The Morgan fingerprint density at radius 3 is 2.70 bits per heavy atom. The van der Waals surface area contributed by atoms with Crippen molar-refractivity contribution in [3.8, 4) is 0 Å². The number of amides is 1. The lowest BCUT2D eigenvalue weighted by atomic mass is 10.2. The van der Waals surface area contributed by atoms with E-state index in [1.165, 1.54) is 10.7 Å². The highest BCUT2D eigenvalue weighted by molar-refractivity contribution is 9.10. The minimum Gasteiger partial charge on any atom is -0.481 e. The fourth-order valence-corrected chi connectivity index (χ4v) is 2.96. The second kappa shape index (κ2) is 8.36. The van der Waals surface area contributed by atoms with Gasteiger partial charge in [0.25, 0.3) is 5.91 Å². The summed E-state index contributed by atoms with van der Waals surface area (Å²) >= 11 is 9.54. The van der Waals surface area contributed by atoms with Crippen LogP contribution in [0.4, 0.5) is 5.82 Å². The number of aromatic nitrogens is 4. The second-order valence-electron chi connectivity index (χ2n) is 5.68. The van der Waals surface area contributed by atoms with Crippen LogP contribution in [-0.2, 0) is 17.9 Å². The van der Waals surface area contributed by atoms with Crippen LogP contribution in [0.25, 0.3) is 0 Å². The highest BCUT2D eigenvalue weighted by atomic mass is 79.9. The van der Waals surface area contributed by atoms with Gasteiger partial charge in [0.15, 0.2) is 11.5 Å². The molecule has 0 spiro atoms. The third-order valence-electron chi connectivity index (χ3n) is 3.67. The van der Waals surface area contributed by atoms with E-state index in [2.05, 4.69) is 31.4 Å². The van der Waals surface area contributed by atoms with Crippen LogP contribution >= 0.6 is 27.5 Å². The maximum Gasteiger partial charge on any atom is 0.305 e. The molecule has 0 bridgehead atoms. The van der Waals surface area contributed by atoms with Crippen molar-refractivity contribution < 1.29 is 14.7 Å². The molecule has 0 aliphatic carbocycles. The Morgan fingerprint density at radius 1 is 1.19 bits per heavy atom. The molecule has 10 heteroatoms. The molecule has 1 amide bonds. The largest absolute Gasteiger partial charge is 0.481 e. The number of nitrogens with zero attached hydrogens (tertiary/aromatic N) is 4. The molecule has 0 saturated carbocycles. The molecule has 0 radical (unpaired) electrons. The van der Waals surface area contributed by atoms with E-state index in [0.29, 0.717) is 21.9 Å². The molecule has 0 aliphatic rings. The topological polar surface area (TPSA) is 102 Å². The van der Waals surface area contributed by atoms with E-state index in [9.17, 15) is 9.59 Å². The van der Waals surface area contributed by atoms with Gasteiger partial charge < -0.3 is 10.4 Å². The van der Waals surface area contributed by atoms with Crippen LogP contribution in [-0.4, -0.2) is 36.5 Å². The number of carboxylic acid groups (broad SMARTS) is 1. The molecule has 0 fully saturated rings. The van der Waals surface area contributed by atoms with Gasteiger partial charge in [-0.2, -0.15) is 10.2 Å². The van der Waals surface area contributed by atoms with Gasteiger partial charge in [0.1, 0.15) is 0 Å². The Morgan fingerprint density at radius 2 is 1.96 bits per heavy atom. The third kappa shape index (κ3) is 4.95. The molecule has 3 aromatic rings. The lowest BCUT2D eigenvalue weighted by molar-refractivity contribution is -0.137. The van der Waals surface area contributed by atoms with Gasteiger partial charge in [-0.15, -0.1) is 0 Å². The standard InChI is InChI=1S/C17H15BrClN5O3/c18-12-10-24(9-11-3-1-2-4-13(11)19)22-16(12)20-17(27)14-5-7-23(21-14)8-6-15(25)26/h1-5,7,10H,6,8-9H2,(H,25,26)(H,20,22,27). The van der Waals surface area contributed by atoms with Crippen molar-refractivity contribution >= 4 is 45.2 Å². The Balaban J connectivity index is 1.67. The summed E-state index contributed by atoms with van der Waals surface area (Å²) in [6.07, 6.45) is 3.23. The summed E-state index contributed by atoms with van der Waals surface area (Å²) in [5, 5.41) is 20.4. The quantitative estimate of drug-likeness (QED) is 0.573. The van der Waals surface area contributed by atoms with Crippen molar-refractivity contribution in [2.45, 2.75) is 19.5 Å². The highest BCUT2D eigenvalue weighted by Crippen LogP contribution is 2.23. The number of hydrogen-bond donors (Lipinski definition) is 2. The number of benzene rings is 1. The molecular weight excluding hydrogens is 438 g/mol. The zero-order chi connectivity index (χ0) is 19.4. The predicted molar refractivity (Wildman–Crippen MR) is 103 cm³/mol. The summed E-state index contributed by atoms with van der Waals surface area (Å²) in [5.74, 6) is -1.01. The van der Waals surface area contributed by atoms with Crippen molar-refractivity contribution in [2.24, 2.45) is 0 Å². The molecule has 0 atom stereocenters. The smallest absolute Gasteiger partial charge is 0.305 e. The average molecular weight is 453 g/mol. The van der Waals surface area contributed by atoms with Gasteiger partial charge in [-0.3, -0.25) is 19.0 Å². The number of aryl methyl sites for hydroxylation is 1. The molecule has 2 heterocycles. The van der Waals surface area contributed by atoms with Crippen LogP contribution in [0.3, 0.4) is 0 Å². The molecule has 2 aromatic heterocycles. The van der Waals surface area contributed by atoms with Gasteiger partial charge in [0.05, 0.1) is 24.0 Å². The Bertz CT molecular complexity index is 985. The van der Waals surface area contributed by atoms with Crippen molar-refractivity contribution in [3.05, 3.63) is 63.5 Å². The molecule has 8 nitrogen and oxygen atoms in total. The third-order valence-corrected chi connectivity index (χ3v) is 4.62.